The van der Waals surface area contributed by atoms with Crippen molar-refractivity contribution in [3.63, 3.8) is 0 Å². The number of carbonyl (C=O) groups excluding carboxylic acids is 1. The number of aromatic nitrogens is 1. The van der Waals surface area contributed by atoms with Gasteiger partial charge < -0.3 is 15.2 Å². The number of aromatic amines is 1. The summed E-state index contributed by atoms with van der Waals surface area (Å²) in [7, 11) is 2.02. The molecular formula is C21H22ClFN4O. The Balaban J connectivity index is 1.68. The molecule has 1 aliphatic heterocycles. The van der Waals surface area contributed by atoms with Crippen LogP contribution in [0.2, 0.25) is 5.02 Å². The maximum absolute atomic E-state index is 13.5. The zero-order chi connectivity index (χ0) is 19.7. The molecular weight excluding hydrogens is 379 g/mol. The first-order chi connectivity index (χ1) is 13.5. The van der Waals surface area contributed by atoms with Crippen molar-refractivity contribution in [3.8, 4) is 0 Å². The summed E-state index contributed by atoms with van der Waals surface area (Å²) >= 11 is 6.23. The summed E-state index contributed by atoms with van der Waals surface area (Å²) in [5.41, 5.74) is 3.05. The summed E-state index contributed by atoms with van der Waals surface area (Å²) in [6.07, 6.45) is 1.98. The number of urea groups is 1. The lowest BCUT2D eigenvalue weighted by Gasteiger charge is -2.30. The van der Waals surface area contributed by atoms with Crippen molar-refractivity contribution in [2.45, 2.75) is 6.04 Å². The molecule has 1 aliphatic rings. The van der Waals surface area contributed by atoms with Crippen molar-refractivity contribution in [2.75, 3.05) is 33.2 Å². The monoisotopic (exact) mass is 400 g/mol. The average molecular weight is 401 g/mol. The third-order valence-electron chi connectivity index (χ3n) is 5.26. The van der Waals surface area contributed by atoms with Crippen LogP contribution in [0, 0.1) is 5.82 Å². The molecule has 2 N–H and O–H groups in total. The van der Waals surface area contributed by atoms with Crippen LogP contribution < -0.4 is 5.32 Å². The molecule has 0 aliphatic carbocycles. The molecule has 1 fully saturated rings. The summed E-state index contributed by atoms with van der Waals surface area (Å²) < 4.78 is 13.5. The molecule has 0 bridgehead atoms. The van der Waals surface area contributed by atoms with Gasteiger partial charge in [0.2, 0.25) is 0 Å². The topological polar surface area (TPSA) is 51.4 Å². The highest BCUT2D eigenvalue weighted by Gasteiger charge is 2.25. The van der Waals surface area contributed by atoms with E-state index in [1.54, 1.807) is 0 Å². The summed E-state index contributed by atoms with van der Waals surface area (Å²) in [4.78, 5) is 19.1. The highest BCUT2D eigenvalue weighted by atomic mass is 35.5. The van der Waals surface area contributed by atoms with Crippen molar-refractivity contribution in [1.29, 1.82) is 0 Å². The number of nitrogens with zero attached hydrogens (tertiary/aromatic N) is 2. The zero-order valence-corrected chi connectivity index (χ0v) is 16.3. The normalized spacial score (nSPS) is 15.4. The average Bonchev–Trinajstić information content (AvgIpc) is 3.28. The molecule has 146 valence electrons. The SMILES string of the molecule is CN(CCN1CCNC1=O)C(c1ccc(F)cc1)c1c[nH]c2ccc(Cl)cc12. The van der Waals surface area contributed by atoms with E-state index in [1.165, 1.54) is 12.1 Å². The highest BCUT2D eigenvalue weighted by molar-refractivity contribution is 6.31. The molecule has 2 aromatic carbocycles. The number of benzene rings is 2. The molecule has 2 amide bonds. The van der Waals surface area contributed by atoms with Gasteiger partial charge in [-0.2, -0.15) is 0 Å². The first-order valence-corrected chi connectivity index (χ1v) is 9.66. The van der Waals surface area contributed by atoms with Crippen LogP contribution in [0.3, 0.4) is 0 Å². The van der Waals surface area contributed by atoms with Gasteiger partial charge in [-0.05, 0) is 48.5 Å². The van der Waals surface area contributed by atoms with Crippen molar-refractivity contribution >= 4 is 28.5 Å². The van der Waals surface area contributed by atoms with Gasteiger partial charge in [-0.1, -0.05) is 23.7 Å². The van der Waals surface area contributed by atoms with Gasteiger partial charge in [0.1, 0.15) is 5.82 Å². The third-order valence-corrected chi connectivity index (χ3v) is 5.50. The third kappa shape index (κ3) is 3.70. The van der Waals surface area contributed by atoms with E-state index in [-0.39, 0.29) is 17.9 Å². The fourth-order valence-electron chi connectivity index (χ4n) is 3.79. The fraction of sp³-hybridized carbons (Fsp3) is 0.286. The highest BCUT2D eigenvalue weighted by Crippen LogP contribution is 2.34. The Morgan fingerprint density at radius 3 is 2.75 bits per heavy atom. The first kappa shape index (κ1) is 18.8. The van der Waals surface area contributed by atoms with Crippen LogP contribution in [0.4, 0.5) is 9.18 Å². The molecule has 1 saturated heterocycles. The Morgan fingerprint density at radius 1 is 1.25 bits per heavy atom. The molecule has 1 unspecified atom stereocenters. The number of fused-ring (bicyclic) bond motifs is 1. The summed E-state index contributed by atoms with van der Waals surface area (Å²) in [5.74, 6) is -0.263. The van der Waals surface area contributed by atoms with Crippen LogP contribution in [-0.4, -0.2) is 54.0 Å². The van der Waals surface area contributed by atoms with E-state index >= 15 is 0 Å². The van der Waals surface area contributed by atoms with E-state index in [1.807, 2.05) is 48.5 Å². The zero-order valence-electron chi connectivity index (χ0n) is 15.6. The molecule has 5 nitrogen and oxygen atoms in total. The van der Waals surface area contributed by atoms with E-state index in [0.29, 0.717) is 24.7 Å². The van der Waals surface area contributed by atoms with Gasteiger partial charge in [-0.15, -0.1) is 0 Å². The van der Waals surface area contributed by atoms with Gasteiger partial charge in [0.25, 0.3) is 0 Å². The van der Waals surface area contributed by atoms with Crippen molar-refractivity contribution in [3.05, 3.63) is 70.6 Å². The number of hydrogen-bond donors (Lipinski definition) is 2. The number of rotatable bonds is 6. The number of halogens is 2. The number of nitrogens with one attached hydrogen (secondary N) is 2. The summed E-state index contributed by atoms with van der Waals surface area (Å²) in [5, 5.41) is 4.53. The van der Waals surface area contributed by atoms with Gasteiger partial charge in [-0.25, -0.2) is 9.18 Å². The minimum atomic E-state index is -0.263. The predicted octanol–water partition coefficient (Wildman–Crippen LogP) is 4.01. The second kappa shape index (κ2) is 7.81. The number of amides is 2. The fourth-order valence-corrected chi connectivity index (χ4v) is 3.96. The van der Waals surface area contributed by atoms with Gasteiger partial charge >= 0.3 is 6.03 Å². The minimum absolute atomic E-state index is 0.0226. The minimum Gasteiger partial charge on any atom is -0.361 e. The molecule has 1 aromatic heterocycles. The molecule has 3 aromatic rings. The number of hydrogen-bond acceptors (Lipinski definition) is 2. The summed E-state index contributed by atoms with van der Waals surface area (Å²) in [6.45, 7) is 2.72. The van der Waals surface area contributed by atoms with E-state index in [4.69, 9.17) is 11.6 Å². The van der Waals surface area contributed by atoms with Crippen molar-refractivity contribution < 1.29 is 9.18 Å². The van der Waals surface area contributed by atoms with Crippen LogP contribution in [0.15, 0.2) is 48.7 Å². The van der Waals surface area contributed by atoms with Crippen LogP contribution in [-0.2, 0) is 0 Å². The Hall–Kier alpha value is -2.57. The van der Waals surface area contributed by atoms with Crippen LogP contribution >= 0.6 is 11.6 Å². The number of carbonyl (C=O) groups is 1. The van der Waals surface area contributed by atoms with Crippen LogP contribution in [0.25, 0.3) is 10.9 Å². The quantitative estimate of drug-likeness (QED) is 0.657. The second-order valence-electron chi connectivity index (χ2n) is 7.09. The van der Waals surface area contributed by atoms with Gasteiger partial charge in [0.15, 0.2) is 0 Å². The Kier molecular flexibility index (Phi) is 5.24. The largest absolute Gasteiger partial charge is 0.361 e. The van der Waals surface area contributed by atoms with Crippen LogP contribution in [0.1, 0.15) is 17.2 Å². The van der Waals surface area contributed by atoms with E-state index in [2.05, 4.69) is 15.2 Å². The van der Waals surface area contributed by atoms with E-state index in [9.17, 15) is 9.18 Å². The lowest BCUT2D eigenvalue weighted by Crippen LogP contribution is -2.37. The molecule has 28 heavy (non-hydrogen) atoms. The first-order valence-electron chi connectivity index (χ1n) is 9.28. The number of H-pyrrole nitrogens is 1. The van der Waals surface area contributed by atoms with Gasteiger partial charge in [-0.3, -0.25) is 4.90 Å². The van der Waals surface area contributed by atoms with Gasteiger partial charge in [0, 0.05) is 48.3 Å². The molecule has 1 atom stereocenters. The maximum Gasteiger partial charge on any atom is 0.317 e. The molecule has 0 spiro atoms. The predicted molar refractivity (Wildman–Crippen MR) is 109 cm³/mol. The molecule has 7 heteroatoms. The Labute approximate surface area is 168 Å². The van der Waals surface area contributed by atoms with Crippen molar-refractivity contribution in [2.24, 2.45) is 0 Å². The lowest BCUT2D eigenvalue weighted by atomic mass is 9.96. The van der Waals surface area contributed by atoms with Gasteiger partial charge in [0.05, 0.1) is 6.04 Å². The van der Waals surface area contributed by atoms with Crippen molar-refractivity contribution in [1.82, 2.24) is 20.1 Å². The van der Waals surface area contributed by atoms with E-state index in [0.717, 1.165) is 28.6 Å². The van der Waals surface area contributed by atoms with E-state index < -0.39 is 0 Å². The standard InChI is InChI=1S/C21H22ClFN4O/c1-26(10-11-27-9-8-24-21(27)28)20(14-2-5-16(23)6-3-14)18-13-25-19-7-4-15(22)12-17(18)19/h2-7,12-13,20,25H,8-11H2,1H3,(H,24,28). The second-order valence-corrected chi connectivity index (χ2v) is 7.52. The number of likely N-dealkylation sites (N-methyl/N-ethyl adjacent to an activating group) is 1. The Bertz CT molecular complexity index is 988. The maximum atomic E-state index is 13.5. The van der Waals surface area contributed by atoms with Crippen LogP contribution in [0.5, 0.6) is 0 Å². The lowest BCUT2D eigenvalue weighted by molar-refractivity contribution is 0.201. The smallest absolute Gasteiger partial charge is 0.317 e. The molecule has 2 heterocycles. The summed E-state index contributed by atoms with van der Waals surface area (Å²) in [6, 6.07) is 12.2. The molecule has 0 radical (unpaired) electrons. The Morgan fingerprint density at radius 2 is 2.04 bits per heavy atom. The molecule has 0 saturated carbocycles. The molecule has 4 rings (SSSR count).